The van der Waals surface area contributed by atoms with Crippen LogP contribution in [-0.2, 0) is 4.79 Å². The van der Waals surface area contributed by atoms with Crippen molar-refractivity contribution < 1.29 is 4.79 Å². The van der Waals surface area contributed by atoms with Crippen LogP contribution in [0.3, 0.4) is 0 Å². The average molecular weight is 471 g/mol. The van der Waals surface area contributed by atoms with Crippen LogP contribution in [0.25, 0.3) is 0 Å². The molecule has 0 atom stereocenters. The molecule has 1 amide bonds. The van der Waals surface area contributed by atoms with Crippen LogP contribution >= 0.6 is 35.7 Å². The molecular formula is C16H34IN5OS. The Morgan fingerprint density at radius 3 is 2.46 bits per heavy atom. The Morgan fingerprint density at radius 1 is 1.25 bits per heavy atom. The van der Waals surface area contributed by atoms with E-state index in [0.29, 0.717) is 6.54 Å². The molecule has 24 heavy (non-hydrogen) atoms. The van der Waals surface area contributed by atoms with Crippen molar-refractivity contribution in [3.8, 4) is 0 Å². The highest BCUT2D eigenvalue weighted by Crippen LogP contribution is 2.03. The molecule has 0 aromatic rings. The Bertz CT molecular complexity index is 373. The number of piperazine rings is 1. The molecule has 0 bridgehead atoms. The zero-order valence-corrected chi connectivity index (χ0v) is 18.7. The number of guanidine groups is 1. The summed E-state index contributed by atoms with van der Waals surface area (Å²) in [5.41, 5.74) is 0. The SMILES string of the molecule is CCNC(=NCCCSC)N1CCN(CC(=O)NC(C)C)CC1.I. The predicted octanol–water partition coefficient (Wildman–Crippen LogP) is 1.47. The van der Waals surface area contributed by atoms with E-state index in [1.54, 1.807) is 0 Å². The van der Waals surface area contributed by atoms with Gasteiger partial charge in [-0.05, 0) is 39.2 Å². The van der Waals surface area contributed by atoms with Crippen molar-refractivity contribution in [3.63, 3.8) is 0 Å². The van der Waals surface area contributed by atoms with Crippen molar-refractivity contribution in [3.05, 3.63) is 0 Å². The standard InChI is InChI=1S/C16H33N5OS.HI/c1-5-17-16(18-7-6-12-23-4)21-10-8-20(9-11-21)13-15(22)19-14(2)3;/h14H,5-13H2,1-4H3,(H,17,18)(H,19,22);1H. The van der Waals surface area contributed by atoms with Crippen molar-refractivity contribution in [1.29, 1.82) is 0 Å². The van der Waals surface area contributed by atoms with Gasteiger partial charge in [-0.15, -0.1) is 24.0 Å². The molecule has 0 aromatic heterocycles. The van der Waals surface area contributed by atoms with E-state index in [2.05, 4.69) is 33.6 Å². The first-order valence-corrected chi connectivity index (χ1v) is 10.00. The first-order valence-electron chi connectivity index (χ1n) is 8.60. The molecule has 8 heteroatoms. The number of carbonyl (C=O) groups excluding carboxylic acids is 1. The first kappa shape index (κ1) is 23.8. The third-order valence-corrected chi connectivity index (χ3v) is 4.29. The topological polar surface area (TPSA) is 60.0 Å². The van der Waals surface area contributed by atoms with Crippen LogP contribution in [-0.4, -0.2) is 85.5 Å². The summed E-state index contributed by atoms with van der Waals surface area (Å²) in [6.07, 6.45) is 3.25. The predicted molar refractivity (Wildman–Crippen MR) is 116 cm³/mol. The summed E-state index contributed by atoms with van der Waals surface area (Å²) < 4.78 is 0. The number of halogens is 1. The number of aliphatic imine (C=N–C) groups is 1. The van der Waals surface area contributed by atoms with Gasteiger partial charge in [0, 0.05) is 45.3 Å². The maximum absolute atomic E-state index is 11.8. The van der Waals surface area contributed by atoms with Crippen molar-refractivity contribution in [2.24, 2.45) is 4.99 Å². The number of nitrogens with zero attached hydrogens (tertiary/aromatic N) is 3. The van der Waals surface area contributed by atoms with Gasteiger partial charge in [0.05, 0.1) is 6.54 Å². The largest absolute Gasteiger partial charge is 0.357 e. The molecule has 1 aliphatic rings. The molecule has 1 saturated heterocycles. The van der Waals surface area contributed by atoms with Gasteiger partial charge in [-0.3, -0.25) is 14.7 Å². The molecule has 1 heterocycles. The van der Waals surface area contributed by atoms with Crippen LogP contribution in [0.1, 0.15) is 27.2 Å². The fourth-order valence-corrected chi connectivity index (χ4v) is 2.93. The molecule has 1 rings (SSSR count). The number of carbonyl (C=O) groups is 1. The van der Waals surface area contributed by atoms with Crippen molar-refractivity contribution in [2.75, 3.05) is 57.8 Å². The maximum atomic E-state index is 11.8. The molecular weight excluding hydrogens is 437 g/mol. The van der Waals surface area contributed by atoms with E-state index in [4.69, 9.17) is 4.99 Å². The quantitative estimate of drug-likeness (QED) is 0.243. The number of hydrogen-bond donors (Lipinski definition) is 2. The van der Waals surface area contributed by atoms with Crippen LogP contribution in [0, 0.1) is 0 Å². The fraction of sp³-hybridized carbons (Fsp3) is 0.875. The van der Waals surface area contributed by atoms with E-state index in [1.165, 1.54) is 0 Å². The normalized spacial score (nSPS) is 16.0. The molecule has 2 N–H and O–H groups in total. The fourth-order valence-electron chi connectivity index (χ4n) is 2.51. The van der Waals surface area contributed by atoms with Gasteiger partial charge in [-0.1, -0.05) is 0 Å². The smallest absolute Gasteiger partial charge is 0.234 e. The molecule has 0 aromatic carbocycles. The summed E-state index contributed by atoms with van der Waals surface area (Å²) in [6, 6.07) is 0.206. The maximum Gasteiger partial charge on any atom is 0.234 e. The minimum absolute atomic E-state index is 0. The lowest BCUT2D eigenvalue weighted by molar-refractivity contribution is -0.123. The van der Waals surface area contributed by atoms with Crippen molar-refractivity contribution in [1.82, 2.24) is 20.4 Å². The minimum Gasteiger partial charge on any atom is -0.357 e. The zero-order chi connectivity index (χ0) is 17.1. The number of amides is 1. The van der Waals surface area contributed by atoms with Crippen LogP contribution in [0.4, 0.5) is 0 Å². The number of hydrogen-bond acceptors (Lipinski definition) is 4. The number of rotatable bonds is 8. The van der Waals surface area contributed by atoms with Crippen molar-refractivity contribution >= 4 is 47.6 Å². The van der Waals surface area contributed by atoms with E-state index >= 15 is 0 Å². The molecule has 1 aliphatic heterocycles. The van der Waals surface area contributed by atoms with Gasteiger partial charge in [-0.2, -0.15) is 11.8 Å². The van der Waals surface area contributed by atoms with Crippen LogP contribution in [0.15, 0.2) is 4.99 Å². The Hall–Kier alpha value is -0.220. The van der Waals surface area contributed by atoms with Gasteiger partial charge in [-0.25, -0.2) is 0 Å². The lowest BCUT2D eigenvalue weighted by Crippen LogP contribution is -2.54. The molecule has 0 aliphatic carbocycles. The Labute approximate surface area is 168 Å². The third kappa shape index (κ3) is 9.93. The van der Waals surface area contributed by atoms with Gasteiger partial charge < -0.3 is 15.5 Å². The number of thioether (sulfide) groups is 1. The summed E-state index contributed by atoms with van der Waals surface area (Å²) in [5.74, 6) is 2.28. The lowest BCUT2D eigenvalue weighted by atomic mass is 10.3. The Balaban J connectivity index is 0.00000529. The monoisotopic (exact) mass is 471 g/mol. The second kappa shape index (κ2) is 14.0. The van der Waals surface area contributed by atoms with Gasteiger partial charge in [0.2, 0.25) is 5.91 Å². The van der Waals surface area contributed by atoms with E-state index in [0.717, 1.165) is 57.4 Å². The Morgan fingerprint density at radius 2 is 1.92 bits per heavy atom. The van der Waals surface area contributed by atoms with Gasteiger partial charge in [0.1, 0.15) is 0 Å². The van der Waals surface area contributed by atoms with E-state index < -0.39 is 0 Å². The van der Waals surface area contributed by atoms with E-state index in [1.807, 2.05) is 25.6 Å². The van der Waals surface area contributed by atoms with Crippen LogP contribution < -0.4 is 10.6 Å². The highest BCUT2D eigenvalue weighted by Gasteiger charge is 2.21. The van der Waals surface area contributed by atoms with Gasteiger partial charge in [0.25, 0.3) is 0 Å². The van der Waals surface area contributed by atoms with Crippen molar-refractivity contribution in [2.45, 2.75) is 33.2 Å². The third-order valence-electron chi connectivity index (χ3n) is 3.59. The first-order chi connectivity index (χ1) is 11.1. The van der Waals surface area contributed by atoms with Gasteiger partial charge in [0.15, 0.2) is 5.96 Å². The molecule has 1 fully saturated rings. The van der Waals surface area contributed by atoms with Crippen LogP contribution in [0.5, 0.6) is 0 Å². The summed E-state index contributed by atoms with van der Waals surface area (Å²) in [7, 11) is 0. The second-order valence-corrected chi connectivity index (χ2v) is 7.05. The lowest BCUT2D eigenvalue weighted by Gasteiger charge is -2.36. The zero-order valence-electron chi connectivity index (χ0n) is 15.5. The molecule has 0 unspecified atom stereocenters. The highest BCUT2D eigenvalue weighted by atomic mass is 127. The van der Waals surface area contributed by atoms with E-state index in [9.17, 15) is 4.79 Å². The Kier molecular flexibility index (Phi) is 13.9. The molecule has 6 nitrogen and oxygen atoms in total. The molecule has 0 saturated carbocycles. The molecule has 0 radical (unpaired) electrons. The van der Waals surface area contributed by atoms with E-state index in [-0.39, 0.29) is 35.9 Å². The summed E-state index contributed by atoms with van der Waals surface area (Å²) >= 11 is 1.86. The second-order valence-electron chi connectivity index (χ2n) is 6.07. The average Bonchev–Trinajstić information content (AvgIpc) is 2.50. The summed E-state index contributed by atoms with van der Waals surface area (Å²) in [4.78, 5) is 21.1. The summed E-state index contributed by atoms with van der Waals surface area (Å²) in [5, 5.41) is 6.33. The molecule has 0 spiro atoms. The minimum atomic E-state index is 0. The number of nitrogens with one attached hydrogen (secondary N) is 2. The highest BCUT2D eigenvalue weighted by molar-refractivity contribution is 14.0. The molecule has 142 valence electrons. The summed E-state index contributed by atoms with van der Waals surface area (Å²) in [6.45, 7) is 12.0. The van der Waals surface area contributed by atoms with Crippen LogP contribution in [0.2, 0.25) is 0 Å². The van der Waals surface area contributed by atoms with Gasteiger partial charge >= 0.3 is 0 Å².